The maximum atomic E-state index is 12.1. The minimum atomic E-state index is -0.0105. The van der Waals surface area contributed by atoms with E-state index in [1.165, 1.54) is 0 Å². The largest absolute Gasteiger partial charge is 0.492 e. The van der Waals surface area contributed by atoms with Gasteiger partial charge in [-0.05, 0) is 42.8 Å². The number of rotatable bonds is 7. The van der Waals surface area contributed by atoms with Crippen LogP contribution in [0.15, 0.2) is 42.5 Å². The van der Waals surface area contributed by atoms with Gasteiger partial charge < -0.3 is 15.8 Å². The Balaban J connectivity index is 1.89. The Hall–Kier alpha value is -2.04. The Bertz CT molecular complexity index is 642. The zero-order valence-corrected chi connectivity index (χ0v) is 13.2. The summed E-state index contributed by atoms with van der Waals surface area (Å²) in [7, 11) is 0. The summed E-state index contributed by atoms with van der Waals surface area (Å²) < 4.78 is 5.36. The summed E-state index contributed by atoms with van der Waals surface area (Å²) in [5, 5.41) is 3.81. The van der Waals surface area contributed by atoms with Crippen LogP contribution in [0.4, 0.5) is 5.69 Å². The van der Waals surface area contributed by atoms with E-state index in [4.69, 9.17) is 22.1 Å². The lowest BCUT2D eigenvalue weighted by Crippen LogP contribution is -2.22. The van der Waals surface area contributed by atoms with Crippen molar-refractivity contribution in [2.45, 2.75) is 13.5 Å². The number of nitrogens with two attached hydrogens (primary N) is 1. The van der Waals surface area contributed by atoms with E-state index in [-0.39, 0.29) is 12.3 Å². The minimum Gasteiger partial charge on any atom is -0.492 e. The van der Waals surface area contributed by atoms with Crippen LogP contribution in [0.1, 0.15) is 22.8 Å². The fourth-order valence-electron chi connectivity index (χ4n) is 2.03. The van der Waals surface area contributed by atoms with E-state index in [1.54, 1.807) is 18.2 Å². The summed E-state index contributed by atoms with van der Waals surface area (Å²) in [6.45, 7) is 3.28. The van der Waals surface area contributed by atoms with Crippen molar-refractivity contribution < 1.29 is 9.53 Å². The molecule has 0 heterocycles. The first-order valence-electron chi connectivity index (χ1n) is 7.11. The number of nitrogen functional groups attached to an aromatic ring is 1. The van der Waals surface area contributed by atoms with Crippen LogP contribution in [0, 0.1) is 0 Å². The molecule has 0 aliphatic rings. The van der Waals surface area contributed by atoms with Gasteiger partial charge in [0.1, 0.15) is 5.75 Å². The third-order valence-electron chi connectivity index (χ3n) is 3.16. The zero-order chi connectivity index (χ0) is 15.9. The van der Waals surface area contributed by atoms with Crippen LogP contribution in [-0.4, -0.2) is 18.9 Å². The molecule has 0 radical (unpaired) electrons. The Morgan fingerprint density at radius 1 is 1.23 bits per heavy atom. The Morgan fingerprint density at radius 2 is 1.95 bits per heavy atom. The van der Waals surface area contributed by atoms with Gasteiger partial charge in [0.05, 0.1) is 18.8 Å². The van der Waals surface area contributed by atoms with Crippen LogP contribution < -0.4 is 15.8 Å². The summed E-state index contributed by atoms with van der Waals surface area (Å²) in [6, 6.07) is 12.6. The molecule has 0 bridgehead atoms. The van der Waals surface area contributed by atoms with Gasteiger partial charge in [0, 0.05) is 17.1 Å². The maximum Gasteiger partial charge on any atom is 0.176 e. The second kappa shape index (κ2) is 7.82. The smallest absolute Gasteiger partial charge is 0.176 e. The number of hydrogen-bond acceptors (Lipinski definition) is 4. The van der Waals surface area contributed by atoms with Gasteiger partial charge in [0.25, 0.3) is 0 Å². The molecule has 0 atom stereocenters. The van der Waals surface area contributed by atoms with Crippen LogP contribution >= 0.6 is 11.6 Å². The standard InChI is InChI=1S/C17H19ClN2O2/c1-2-22-17-8-5-13(9-15(17)19)16(21)11-20-10-12-3-6-14(18)7-4-12/h3-9,20H,2,10-11,19H2,1H3. The molecule has 3 N–H and O–H groups in total. The third kappa shape index (κ3) is 4.48. The first kappa shape index (κ1) is 16.3. The lowest BCUT2D eigenvalue weighted by molar-refractivity contribution is 0.0991. The molecule has 22 heavy (non-hydrogen) atoms. The minimum absolute atomic E-state index is 0.0105. The molecule has 0 aliphatic carbocycles. The van der Waals surface area contributed by atoms with E-state index in [0.29, 0.717) is 35.2 Å². The van der Waals surface area contributed by atoms with E-state index in [2.05, 4.69) is 5.32 Å². The number of ketones is 1. The highest BCUT2D eigenvalue weighted by Crippen LogP contribution is 2.22. The molecule has 116 valence electrons. The monoisotopic (exact) mass is 318 g/mol. The molecule has 0 amide bonds. The first-order chi connectivity index (χ1) is 10.6. The van der Waals surface area contributed by atoms with Crippen LogP contribution in [0.2, 0.25) is 5.02 Å². The average molecular weight is 319 g/mol. The summed E-state index contributed by atoms with van der Waals surface area (Å²) in [5.74, 6) is 0.594. The van der Waals surface area contributed by atoms with Gasteiger partial charge in [0.15, 0.2) is 5.78 Å². The average Bonchev–Trinajstić information content (AvgIpc) is 2.51. The summed E-state index contributed by atoms with van der Waals surface area (Å²) >= 11 is 5.83. The SMILES string of the molecule is CCOc1ccc(C(=O)CNCc2ccc(Cl)cc2)cc1N. The van der Waals surface area contributed by atoms with Crippen LogP contribution in [0.5, 0.6) is 5.75 Å². The molecule has 0 aliphatic heterocycles. The van der Waals surface area contributed by atoms with Crippen molar-refractivity contribution in [2.75, 3.05) is 18.9 Å². The number of ether oxygens (including phenoxy) is 1. The highest BCUT2D eigenvalue weighted by molar-refractivity contribution is 6.30. The van der Waals surface area contributed by atoms with Gasteiger partial charge in [-0.3, -0.25) is 4.79 Å². The number of carbonyl (C=O) groups is 1. The molecule has 0 fully saturated rings. The van der Waals surface area contributed by atoms with Crippen molar-refractivity contribution in [3.05, 3.63) is 58.6 Å². The fourth-order valence-corrected chi connectivity index (χ4v) is 2.16. The van der Waals surface area contributed by atoms with Crippen molar-refractivity contribution in [2.24, 2.45) is 0 Å². The van der Waals surface area contributed by atoms with Crippen molar-refractivity contribution in [1.29, 1.82) is 0 Å². The molecule has 5 heteroatoms. The lowest BCUT2D eigenvalue weighted by Gasteiger charge is -2.09. The number of anilines is 1. The predicted molar refractivity (Wildman–Crippen MR) is 89.5 cm³/mol. The van der Waals surface area contributed by atoms with Crippen LogP contribution in [0.3, 0.4) is 0 Å². The number of benzene rings is 2. The molecule has 0 saturated carbocycles. The molecule has 2 aromatic carbocycles. The molecule has 2 rings (SSSR count). The van der Waals surface area contributed by atoms with E-state index in [1.807, 2.05) is 31.2 Å². The lowest BCUT2D eigenvalue weighted by atomic mass is 10.1. The number of carbonyl (C=O) groups excluding carboxylic acids is 1. The van der Waals surface area contributed by atoms with Gasteiger partial charge in [-0.1, -0.05) is 23.7 Å². The van der Waals surface area contributed by atoms with Gasteiger partial charge in [0.2, 0.25) is 0 Å². The van der Waals surface area contributed by atoms with Gasteiger partial charge in [-0.15, -0.1) is 0 Å². The summed E-state index contributed by atoms with van der Waals surface area (Å²) in [4.78, 5) is 12.1. The van der Waals surface area contributed by atoms with Gasteiger partial charge in [-0.25, -0.2) is 0 Å². The zero-order valence-electron chi connectivity index (χ0n) is 12.4. The Labute approximate surface area is 135 Å². The van der Waals surface area contributed by atoms with Crippen molar-refractivity contribution >= 4 is 23.1 Å². The maximum absolute atomic E-state index is 12.1. The van der Waals surface area contributed by atoms with Crippen molar-refractivity contribution in [3.63, 3.8) is 0 Å². The number of hydrogen-bond donors (Lipinski definition) is 2. The van der Waals surface area contributed by atoms with Crippen molar-refractivity contribution in [1.82, 2.24) is 5.32 Å². The first-order valence-corrected chi connectivity index (χ1v) is 7.48. The number of Topliss-reactive ketones (excluding diaryl/α,β-unsaturated/α-hetero) is 1. The highest BCUT2D eigenvalue weighted by atomic mass is 35.5. The Kier molecular flexibility index (Phi) is 5.81. The molecule has 0 aromatic heterocycles. The van der Waals surface area contributed by atoms with Crippen LogP contribution in [0.25, 0.3) is 0 Å². The van der Waals surface area contributed by atoms with Gasteiger partial charge in [-0.2, -0.15) is 0 Å². The van der Waals surface area contributed by atoms with Crippen molar-refractivity contribution in [3.8, 4) is 5.75 Å². The molecular formula is C17H19ClN2O2. The van der Waals surface area contributed by atoms with Gasteiger partial charge >= 0.3 is 0 Å². The van der Waals surface area contributed by atoms with E-state index in [9.17, 15) is 4.79 Å². The van der Waals surface area contributed by atoms with E-state index < -0.39 is 0 Å². The second-order valence-corrected chi connectivity index (χ2v) is 5.28. The second-order valence-electron chi connectivity index (χ2n) is 4.84. The molecule has 0 unspecified atom stereocenters. The molecule has 2 aromatic rings. The normalized spacial score (nSPS) is 10.5. The fraction of sp³-hybridized carbons (Fsp3) is 0.235. The molecule has 4 nitrogen and oxygen atoms in total. The number of halogens is 1. The Morgan fingerprint density at radius 3 is 2.59 bits per heavy atom. The molecule has 0 saturated heterocycles. The highest BCUT2D eigenvalue weighted by Gasteiger charge is 2.08. The van der Waals surface area contributed by atoms with E-state index >= 15 is 0 Å². The molecule has 0 spiro atoms. The van der Waals surface area contributed by atoms with Crippen LogP contribution in [-0.2, 0) is 6.54 Å². The number of nitrogens with one attached hydrogen (secondary N) is 1. The molecular weight excluding hydrogens is 300 g/mol. The summed E-state index contributed by atoms with van der Waals surface area (Å²) in [6.07, 6.45) is 0. The summed E-state index contributed by atoms with van der Waals surface area (Å²) in [5.41, 5.74) is 7.99. The third-order valence-corrected chi connectivity index (χ3v) is 3.41. The predicted octanol–water partition coefficient (Wildman–Crippen LogP) is 3.29. The topological polar surface area (TPSA) is 64.3 Å². The van der Waals surface area contributed by atoms with E-state index in [0.717, 1.165) is 5.56 Å². The quantitative estimate of drug-likeness (QED) is 0.607.